The van der Waals surface area contributed by atoms with E-state index in [-0.39, 0.29) is 33.5 Å². The van der Waals surface area contributed by atoms with Crippen molar-refractivity contribution < 1.29 is 27.2 Å². The molecule has 178 valence electrons. The van der Waals surface area contributed by atoms with Crippen LogP contribution in [0.1, 0.15) is 27.0 Å². The Bertz CT molecular complexity index is 1550. The third-order valence-corrected chi connectivity index (χ3v) is 6.44. The number of aromatic nitrogens is 1. The lowest BCUT2D eigenvalue weighted by Crippen LogP contribution is -2.34. The Morgan fingerprint density at radius 2 is 1.91 bits per heavy atom. The molecule has 0 saturated carbocycles. The topological polar surface area (TPSA) is 79.2 Å². The van der Waals surface area contributed by atoms with Crippen LogP contribution in [0.3, 0.4) is 0 Å². The maximum absolute atomic E-state index is 15.7. The number of halogens is 4. The van der Waals surface area contributed by atoms with Crippen LogP contribution >= 0.6 is 0 Å². The molecule has 1 aliphatic heterocycles. The summed E-state index contributed by atoms with van der Waals surface area (Å²) in [5.74, 6) is -1.83. The number of amides is 2. The summed E-state index contributed by atoms with van der Waals surface area (Å²) in [5, 5.41) is 0.613. The second-order valence-corrected chi connectivity index (χ2v) is 8.44. The lowest BCUT2D eigenvalue weighted by Gasteiger charge is -2.29. The van der Waals surface area contributed by atoms with Gasteiger partial charge in [0.15, 0.2) is 0 Å². The van der Waals surface area contributed by atoms with Gasteiger partial charge in [-0.05, 0) is 47.4 Å². The number of fused-ring (bicyclic) bond motifs is 4. The van der Waals surface area contributed by atoms with Crippen LogP contribution < -0.4 is 5.73 Å². The third-order valence-electron chi connectivity index (χ3n) is 6.44. The van der Waals surface area contributed by atoms with E-state index in [1.807, 2.05) is 6.07 Å². The number of nitrogens with zero attached hydrogens (tertiary/aromatic N) is 1. The van der Waals surface area contributed by atoms with Gasteiger partial charge in [0, 0.05) is 34.9 Å². The number of nitrogens with one attached hydrogen (secondary N) is 1. The van der Waals surface area contributed by atoms with Gasteiger partial charge in [-0.1, -0.05) is 30.8 Å². The molecular formula is C26H19F4N3O2. The van der Waals surface area contributed by atoms with Gasteiger partial charge >= 0.3 is 6.18 Å². The summed E-state index contributed by atoms with van der Waals surface area (Å²) in [6, 6.07) is 9.45. The average molecular weight is 481 g/mol. The van der Waals surface area contributed by atoms with Gasteiger partial charge in [-0.25, -0.2) is 4.39 Å². The highest BCUT2D eigenvalue weighted by Crippen LogP contribution is 2.42. The van der Waals surface area contributed by atoms with Crippen LogP contribution in [0.4, 0.5) is 17.6 Å². The van der Waals surface area contributed by atoms with E-state index in [4.69, 9.17) is 5.73 Å². The van der Waals surface area contributed by atoms with Crippen LogP contribution in [0.5, 0.6) is 0 Å². The molecule has 3 aromatic carbocycles. The lowest BCUT2D eigenvalue weighted by atomic mass is 9.87. The number of hydrogen-bond acceptors (Lipinski definition) is 2. The minimum Gasteiger partial charge on any atom is -0.366 e. The Morgan fingerprint density at radius 1 is 1.14 bits per heavy atom. The van der Waals surface area contributed by atoms with E-state index in [1.165, 1.54) is 12.1 Å². The van der Waals surface area contributed by atoms with Gasteiger partial charge in [0.1, 0.15) is 5.82 Å². The molecule has 4 aromatic rings. The van der Waals surface area contributed by atoms with Crippen molar-refractivity contribution in [3.8, 4) is 11.1 Å². The molecule has 0 spiro atoms. The minimum atomic E-state index is -4.57. The molecule has 0 saturated heterocycles. The molecule has 1 aromatic heterocycles. The number of carbonyl (C=O) groups is 2. The molecule has 1 aliphatic rings. The molecule has 0 bridgehead atoms. The van der Waals surface area contributed by atoms with Crippen LogP contribution in [0.2, 0.25) is 0 Å². The zero-order chi connectivity index (χ0) is 25.1. The zero-order valence-electron chi connectivity index (χ0n) is 18.3. The van der Waals surface area contributed by atoms with E-state index in [0.29, 0.717) is 30.5 Å². The third kappa shape index (κ3) is 3.63. The number of rotatable bonds is 3. The summed E-state index contributed by atoms with van der Waals surface area (Å²) in [7, 11) is 0. The summed E-state index contributed by atoms with van der Waals surface area (Å²) in [5.41, 5.74) is 7.09. The van der Waals surface area contributed by atoms with Crippen LogP contribution in [-0.2, 0) is 23.9 Å². The summed E-state index contributed by atoms with van der Waals surface area (Å²) >= 11 is 0. The van der Waals surface area contributed by atoms with Crippen molar-refractivity contribution in [2.24, 2.45) is 5.73 Å². The molecule has 0 atom stereocenters. The zero-order valence-corrected chi connectivity index (χ0v) is 18.3. The molecule has 0 unspecified atom stereocenters. The van der Waals surface area contributed by atoms with Gasteiger partial charge in [-0.2, -0.15) is 13.2 Å². The number of hydrogen-bond donors (Lipinski definition) is 2. The van der Waals surface area contributed by atoms with Crippen molar-refractivity contribution in [2.75, 3.05) is 6.54 Å². The molecule has 5 nitrogen and oxygen atoms in total. The molecule has 2 heterocycles. The highest BCUT2D eigenvalue weighted by Gasteiger charge is 2.32. The lowest BCUT2D eigenvalue weighted by molar-refractivity contribution is -0.137. The Labute approximate surface area is 196 Å². The van der Waals surface area contributed by atoms with Crippen LogP contribution in [0, 0.1) is 5.82 Å². The van der Waals surface area contributed by atoms with Crippen molar-refractivity contribution in [1.29, 1.82) is 0 Å². The van der Waals surface area contributed by atoms with Gasteiger partial charge in [0.2, 0.25) is 5.91 Å². The first-order valence-electron chi connectivity index (χ1n) is 10.8. The fraction of sp³-hybridized carbons (Fsp3) is 0.154. The largest absolute Gasteiger partial charge is 0.416 e. The highest BCUT2D eigenvalue weighted by atomic mass is 19.4. The van der Waals surface area contributed by atoms with E-state index in [2.05, 4.69) is 11.6 Å². The van der Waals surface area contributed by atoms with E-state index < -0.39 is 23.5 Å². The van der Waals surface area contributed by atoms with Crippen LogP contribution in [0.25, 0.3) is 32.9 Å². The van der Waals surface area contributed by atoms with Gasteiger partial charge in [-0.3, -0.25) is 9.59 Å². The Balaban J connectivity index is 1.80. The smallest absolute Gasteiger partial charge is 0.366 e. The van der Waals surface area contributed by atoms with E-state index in [0.717, 1.165) is 29.3 Å². The second-order valence-electron chi connectivity index (χ2n) is 8.44. The van der Waals surface area contributed by atoms with Gasteiger partial charge in [0.05, 0.1) is 16.6 Å². The number of benzene rings is 3. The van der Waals surface area contributed by atoms with E-state index in [9.17, 15) is 22.8 Å². The molecule has 0 radical (unpaired) electrons. The van der Waals surface area contributed by atoms with Crippen molar-refractivity contribution in [3.63, 3.8) is 0 Å². The first kappa shape index (κ1) is 22.6. The van der Waals surface area contributed by atoms with Crippen molar-refractivity contribution in [3.05, 3.63) is 83.2 Å². The average Bonchev–Trinajstić information content (AvgIpc) is 3.20. The maximum atomic E-state index is 15.7. The van der Waals surface area contributed by atoms with E-state index >= 15 is 4.39 Å². The summed E-state index contributed by atoms with van der Waals surface area (Å²) < 4.78 is 55.6. The predicted octanol–water partition coefficient (Wildman–Crippen LogP) is 5.32. The number of primary amides is 1. The first-order chi connectivity index (χ1) is 16.6. The van der Waals surface area contributed by atoms with Crippen molar-refractivity contribution >= 4 is 33.6 Å². The van der Waals surface area contributed by atoms with Gasteiger partial charge in [-0.15, -0.1) is 0 Å². The molecule has 2 amide bonds. The maximum Gasteiger partial charge on any atom is 0.416 e. The predicted molar refractivity (Wildman–Crippen MR) is 124 cm³/mol. The Hall–Kier alpha value is -4.14. The number of nitrogens with two attached hydrogens (primary N) is 1. The molecular weight excluding hydrogens is 462 g/mol. The van der Waals surface area contributed by atoms with Crippen LogP contribution in [-0.4, -0.2) is 28.2 Å². The summed E-state index contributed by atoms with van der Waals surface area (Å²) in [4.78, 5) is 28.7. The summed E-state index contributed by atoms with van der Waals surface area (Å²) in [6.45, 7) is 4.24. The minimum absolute atomic E-state index is 0.108. The molecule has 5 rings (SSSR count). The number of H-pyrrole nitrogens is 1. The Morgan fingerprint density at radius 3 is 2.60 bits per heavy atom. The quantitative estimate of drug-likeness (QED) is 0.307. The monoisotopic (exact) mass is 481 g/mol. The fourth-order valence-corrected chi connectivity index (χ4v) is 4.84. The number of alkyl halides is 3. The highest BCUT2D eigenvalue weighted by molar-refractivity contribution is 6.20. The second kappa shape index (κ2) is 7.97. The van der Waals surface area contributed by atoms with E-state index in [1.54, 1.807) is 17.0 Å². The standard InChI is InChI=1S/C26H19F4N3O2/c1-2-21(34)33-9-8-15-13(12-33)4-3-5-16(15)22-19(27)11-18(25(31)35)24-23(22)17-7-6-14(26(28,29)30)10-20(17)32-24/h2-7,10-11,32H,1,8-9,12H2,(H2,31,35). The molecule has 0 fully saturated rings. The van der Waals surface area contributed by atoms with Crippen LogP contribution in [0.15, 0.2) is 55.1 Å². The van der Waals surface area contributed by atoms with Gasteiger partial charge in [0.25, 0.3) is 5.91 Å². The molecule has 35 heavy (non-hydrogen) atoms. The summed E-state index contributed by atoms with van der Waals surface area (Å²) in [6.07, 6.45) is -2.88. The number of carbonyl (C=O) groups excluding carboxylic acids is 2. The normalized spacial score (nSPS) is 13.8. The number of aromatic amines is 1. The SMILES string of the molecule is C=CC(=O)N1CCc2c(cccc2-c2c(F)cc(C(N)=O)c3[nH]c4cc(C(F)(F)F)ccc4c23)C1. The first-order valence-corrected chi connectivity index (χ1v) is 10.8. The van der Waals surface area contributed by atoms with Crippen molar-refractivity contribution in [2.45, 2.75) is 19.1 Å². The van der Waals surface area contributed by atoms with Crippen molar-refractivity contribution in [1.82, 2.24) is 9.88 Å². The Kier molecular flexibility index (Phi) is 5.16. The van der Waals surface area contributed by atoms with Gasteiger partial charge < -0.3 is 15.6 Å². The molecule has 9 heteroatoms. The molecule has 3 N–H and O–H groups in total. The fourth-order valence-electron chi connectivity index (χ4n) is 4.84. The molecule has 0 aliphatic carbocycles.